The summed E-state index contributed by atoms with van der Waals surface area (Å²) in [7, 11) is 1.92. The molecule has 244 valence electrons. The van der Waals surface area contributed by atoms with Gasteiger partial charge in [-0.2, -0.15) is 0 Å². The van der Waals surface area contributed by atoms with Crippen LogP contribution in [0.3, 0.4) is 0 Å². The second-order valence-corrected chi connectivity index (χ2v) is 13.4. The van der Waals surface area contributed by atoms with Gasteiger partial charge in [-0.1, -0.05) is 48.5 Å². The number of benzene rings is 2. The zero-order valence-corrected chi connectivity index (χ0v) is 27.2. The smallest absolute Gasteiger partial charge is 0.276 e. The van der Waals surface area contributed by atoms with Gasteiger partial charge in [0.15, 0.2) is 0 Å². The molecule has 4 heterocycles. The van der Waals surface area contributed by atoms with Gasteiger partial charge in [0, 0.05) is 51.4 Å². The van der Waals surface area contributed by atoms with Gasteiger partial charge >= 0.3 is 0 Å². The van der Waals surface area contributed by atoms with Crippen LogP contribution >= 0.6 is 0 Å². The standard InChI is InChI=1S/C36H46N6O4/c1-24-35(45)41-21-27-19-28(22-40(20-27)23-30-25(2)39(3)42(36(30)46)29-13-8-5-9-14-29)32(41)15-10-16-33(43)38-31(34(44)37-24)18-17-26-11-6-4-7-12-26/h4-9,11-14,24,27-28,31-32H,10,15-23H2,1-3H3,(H,37,44)(H,38,43)/t24-,27+,28-,31+,32+/m1/s1. The van der Waals surface area contributed by atoms with E-state index in [-0.39, 0.29) is 41.2 Å². The van der Waals surface area contributed by atoms with Crippen LogP contribution in [0.2, 0.25) is 0 Å². The highest BCUT2D eigenvalue weighted by Gasteiger charge is 2.44. The first kappa shape index (κ1) is 31.8. The largest absolute Gasteiger partial charge is 0.344 e. The van der Waals surface area contributed by atoms with Crippen molar-refractivity contribution in [2.24, 2.45) is 18.9 Å². The van der Waals surface area contributed by atoms with Gasteiger partial charge in [0.1, 0.15) is 12.1 Å². The van der Waals surface area contributed by atoms with Crippen molar-refractivity contribution in [1.82, 2.24) is 29.8 Å². The minimum atomic E-state index is -0.694. The SMILES string of the molecule is Cc1c(CN2C[C@@H]3C[C@H](C2)[C@@H]2CCCC(=O)N[C@@H](CCc4ccccc4)C(=O)N[C@H](C)C(=O)N2C3)c(=O)n(-c2ccccc2)n1C. The van der Waals surface area contributed by atoms with E-state index in [0.29, 0.717) is 38.8 Å². The Morgan fingerprint density at radius 2 is 1.61 bits per heavy atom. The second kappa shape index (κ2) is 13.7. The van der Waals surface area contributed by atoms with Crippen molar-refractivity contribution in [3.8, 4) is 5.69 Å². The Morgan fingerprint density at radius 3 is 2.35 bits per heavy atom. The Balaban J connectivity index is 1.16. The summed E-state index contributed by atoms with van der Waals surface area (Å²) in [5.74, 6) is -0.00112. The highest BCUT2D eigenvalue weighted by Crippen LogP contribution is 2.36. The number of hydrogen-bond acceptors (Lipinski definition) is 5. The zero-order chi connectivity index (χ0) is 32.4. The van der Waals surface area contributed by atoms with E-state index in [2.05, 4.69) is 15.5 Å². The van der Waals surface area contributed by atoms with Crippen molar-refractivity contribution in [2.45, 2.75) is 77.0 Å². The molecule has 46 heavy (non-hydrogen) atoms. The van der Waals surface area contributed by atoms with Crippen LogP contribution in [0.5, 0.6) is 0 Å². The predicted molar refractivity (Wildman–Crippen MR) is 176 cm³/mol. The van der Waals surface area contributed by atoms with Gasteiger partial charge in [-0.05, 0) is 75.5 Å². The maximum absolute atomic E-state index is 13.9. The van der Waals surface area contributed by atoms with Crippen LogP contribution in [-0.2, 0) is 34.4 Å². The summed E-state index contributed by atoms with van der Waals surface area (Å²) in [4.78, 5) is 58.3. The minimum Gasteiger partial charge on any atom is -0.344 e. The van der Waals surface area contributed by atoms with Crippen molar-refractivity contribution in [3.05, 3.63) is 87.8 Å². The van der Waals surface area contributed by atoms with E-state index in [1.165, 1.54) is 0 Å². The maximum Gasteiger partial charge on any atom is 0.276 e. The molecule has 2 aromatic carbocycles. The Labute approximate surface area is 270 Å². The van der Waals surface area contributed by atoms with Gasteiger partial charge in [-0.15, -0.1) is 0 Å². The van der Waals surface area contributed by atoms with E-state index in [9.17, 15) is 19.2 Å². The van der Waals surface area contributed by atoms with Crippen LogP contribution in [0.1, 0.15) is 55.8 Å². The number of carbonyl (C=O) groups excluding carboxylic acids is 3. The molecule has 3 fully saturated rings. The lowest BCUT2D eigenvalue weighted by molar-refractivity contribution is -0.145. The van der Waals surface area contributed by atoms with E-state index in [0.717, 1.165) is 48.4 Å². The number of para-hydroxylation sites is 1. The molecule has 0 aliphatic carbocycles. The van der Waals surface area contributed by atoms with E-state index >= 15 is 0 Å². The molecular formula is C36H46N6O4. The number of aromatic nitrogens is 2. The highest BCUT2D eigenvalue weighted by molar-refractivity contribution is 5.92. The van der Waals surface area contributed by atoms with Crippen LogP contribution in [0.25, 0.3) is 5.69 Å². The molecule has 3 aliphatic rings. The average molecular weight is 627 g/mol. The number of rotatable bonds is 6. The Bertz CT molecular complexity index is 1620. The third-order valence-corrected chi connectivity index (χ3v) is 10.2. The molecule has 0 unspecified atom stereocenters. The lowest BCUT2D eigenvalue weighted by Crippen LogP contribution is -2.62. The number of fused-ring (bicyclic) bond motifs is 4. The molecule has 3 aliphatic heterocycles. The number of piperidine rings is 2. The van der Waals surface area contributed by atoms with Gasteiger partial charge in [0.25, 0.3) is 5.56 Å². The molecule has 2 N–H and O–H groups in total. The lowest BCUT2D eigenvalue weighted by atomic mass is 9.77. The minimum absolute atomic E-state index is 0.00222. The Kier molecular flexibility index (Phi) is 9.44. The third kappa shape index (κ3) is 6.67. The Hall–Kier alpha value is -4.18. The summed E-state index contributed by atoms with van der Waals surface area (Å²) in [5.41, 5.74) is 3.69. The number of aryl methyl sites for hydroxylation is 1. The number of nitrogens with one attached hydrogen (secondary N) is 2. The van der Waals surface area contributed by atoms with E-state index in [1.807, 2.05) is 84.2 Å². The van der Waals surface area contributed by atoms with E-state index in [1.54, 1.807) is 11.6 Å². The van der Waals surface area contributed by atoms with Crippen molar-refractivity contribution < 1.29 is 14.4 Å². The second-order valence-electron chi connectivity index (χ2n) is 13.4. The molecule has 1 aromatic heterocycles. The number of carbonyl (C=O) groups is 3. The van der Waals surface area contributed by atoms with Crippen molar-refractivity contribution in [3.63, 3.8) is 0 Å². The summed E-state index contributed by atoms with van der Waals surface area (Å²) in [6, 6.07) is 18.2. The van der Waals surface area contributed by atoms with Crippen molar-refractivity contribution >= 4 is 17.7 Å². The summed E-state index contributed by atoms with van der Waals surface area (Å²) >= 11 is 0. The van der Waals surface area contributed by atoms with Crippen molar-refractivity contribution in [1.29, 1.82) is 0 Å². The molecule has 0 spiro atoms. The molecule has 6 rings (SSSR count). The monoisotopic (exact) mass is 626 g/mol. The third-order valence-electron chi connectivity index (χ3n) is 10.2. The highest BCUT2D eigenvalue weighted by atomic mass is 16.2. The molecular weight excluding hydrogens is 580 g/mol. The van der Waals surface area contributed by atoms with Crippen LogP contribution in [0.15, 0.2) is 65.5 Å². The molecule has 5 atom stereocenters. The maximum atomic E-state index is 13.9. The Morgan fingerprint density at radius 1 is 0.891 bits per heavy atom. The first-order chi connectivity index (χ1) is 22.2. The zero-order valence-electron chi connectivity index (χ0n) is 27.2. The average Bonchev–Trinajstić information content (AvgIpc) is 3.26. The fourth-order valence-corrected chi connectivity index (χ4v) is 7.82. The number of hydrogen-bond donors (Lipinski definition) is 2. The molecule has 10 nitrogen and oxygen atoms in total. The van der Waals surface area contributed by atoms with Gasteiger partial charge in [-0.3, -0.25) is 28.8 Å². The summed E-state index contributed by atoms with van der Waals surface area (Å²) in [5, 5.41) is 5.88. The predicted octanol–water partition coefficient (Wildman–Crippen LogP) is 2.94. The molecule has 3 amide bonds. The fourth-order valence-electron chi connectivity index (χ4n) is 7.82. The number of nitrogens with zero attached hydrogens (tertiary/aromatic N) is 4. The summed E-state index contributed by atoms with van der Waals surface area (Å²) in [6.07, 6.45) is 3.81. The first-order valence-corrected chi connectivity index (χ1v) is 16.7. The van der Waals surface area contributed by atoms with Gasteiger partial charge in [0.05, 0.1) is 11.3 Å². The summed E-state index contributed by atoms with van der Waals surface area (Å²) < 4.78 is 3.66. The quantitative estimate of drug-likeness (QED) is 0.438. The van der Waals surface area contributed by atoms with Crippen LogP contribution in [-0.4, -0.2) is 74.6 Å². The van der Waals surface area contributed by atoms with Crippen LogP contribution < -0.4 is 16.2 Å². The van der Waals surface area contributed by atoms with Crippen LogP contribution in [0, 0.1) is 18.8 Å². The first-order valence-electron chi connectivity index (χ1n) is 16.7. The van der Waals surface area contributed by atoms with Gasteiger partial charge < -0.3 is 15.5 Å². The van der Waals surface area contributed by atoms with Gasteiger partial charge in [0.2, 0.25) is 17.7 Å². The molecule has 10 heteroatoms. The van der Waals surface area contributed by atoms with Crippen molar-refractivity contribution in [2.75, 3.05) is 19.6 Å². The molecule has 3 saturated heterocycles. The van der Waals surface area contributed by atoms with Gasteiger partial charge in [-0.25, -0.2) is 4.68 Å². The lowest BCUT2D eigenvalue weighted by Gasteiger charge is -2.51. The molecule has 2 bridgehead atoms. The molecule has 0 radical (unpaired) electrons. The number of likely N-dealkylation sites (tertiary alicyclic amines) is 1. The van der Waals surface area contributed by atoms with Crippen LogP contribution in [0.4, 0.5) is 0 Å². The normalized spacial score (nSPS) is 26.0. The topological polar surface area (TPSA) is 109 Å². The van der Waals surface area contributed by atoms with E-state index in [4.69, 9.17) is 0 Å². The number of amides is 3. The molecule has 3 aromatic rings. The summed E-state index contributed by atoms with van der Waals surface area (Å²) in [6.45, 7) is 6.51. The molecule has 0 saturated carbocycles. The van der Waals surface area contributed by atoms with E-state index < -0.39 is 12.1 Å². The fraction of sp³-hybridized carbons (Fsp3) is 0.500.